The van der Waals surface area contributed by atoms with Crippen LogP contribution in [0.3, 0.4) is 0 Å². The standard InChI is InChI=1S/C20H16N2O/c1-3-7-16-14(5-1)9-10-19-20(16)18(13-21-23-19)22-12-11-15-6-2-4-8-17(15)22/h1-10,13,21H,11-12H2. The molecule has 0 radical (unpaired) electrons. The van der Waals surface area contributed by atoms with E-state index in [1.165, 1.54) is 33.3 Å². The summed E-state index contributed by atoms with van der Waals surface area (Å²) in [6.07, 6.45) is 3.05. The third-order valence-corrected chi connectivity index (χ3v) is 4.69. The van der Waals surface area contributed by atoms with E-state index in [0.29, 0.717) is 0 Å². The van der Waals surface area contributed by atoms with Gasteiger partial charge in [-0.1, -0.05) is 48.5 Å². The maximum atomic E-state index is 5.66. The van der Waals surface area contributed by atoms with Crippen LogP contribution in [0.15, 0.2) is 66.9 Å². The van der Waals surface area contributed by atoms with E-state index < -0.39 is 0 Å². The lowest BCUT2D eigenvalue weighted by molar-refractivity contribution is 0.238. The Labute approximate surface area is 134 Å². The van der Waals surface area contributed by atoms with Gasteiger partial charge in [-0.3, -0.25) is 0 Å². The van der Waals surface area contributed by atoms with Gasteiger partial charge in [0.2, 0.25) is 0 Å². The van der Waals surface area contributed by atoms with Crippen LogP contribution in [0.25, 0.3) is 16.5 Å². The van der Waals surface area contributed by atoms with Gasteiger partial charge in [0, 0.05) is 12.2 Å². The summed E-state index contributed by atoms with van der Waals surface area (Å²) >= 11 is 0. The Morgan fingerprint density at radius 1 is 0.913 bits per heavy atom. The lowest BCUT2D eigenvalue weighted by Crippen LogP contribution is -2.26. The van der Waals surface area contributed by atoms with E-state index in [-0.39, 0.29) is 0 Å². The Morgan fingerprint density at radius 2 is 1.78 bits per heavy atom. The number of rotatable bonds is 1. The molecule has 3 aromatic carbocycles. The third kappa shape index (κ3) is 1.83. The van der Waals surface area contributed by atoms with Gasteiger partial charge in [-0.15, -0.1) is 0 Å². The SMILES string of the molecule is C1=C(N2CCc3ccccc32)c2c(ccc3ccccc23)ON1. The second kappa shape index (κ2) is 4.78. The van der Waals surface area contributed by atoms with Gasteiger partial charge in [0.25, 0.3) is 0 Å². The highest BCUT2D eigenvalue weighted by molar-refractivity contribution is 6.00. The van der Waals surface area contributed by atoms with E-state index in [1.807, 2.05) is 12.3 Å². The molecule has 0 saturated carbocycles. The van der Waals surface area contributed by atoms with E-state index in [9.17, 15) is 0 Å². The van der Waals surface area contributed by atoms with Crippen molar-refractivity contribution in [2.24, 2.45) is 0 Å². The zero-order valence-electron chi connectivity index (χ0n) is 12.6. The van der Waals surface area contributed by atoms with Crippen molar-refractivity contribution < 1.29 is 4.84 Å². The highest BCUT2D eigenvalue weighted by Gasteiger charge is 2.27. The molecule has 0 bridgehead atoms. The fourth-order valence-electron chi connectivity index (χ4n) is 3.62. The van der Waals surface area contributed by atoms with Gasteiger partial charge in [0.15, 0.2) is 5.75 Å². The van der Waals surface area contributed by atoms with Crippen molar-refractivity contribution in [3.05, 3.63) is 78.0 Å². The molecule has 3 aromatic rings. The van der Waals surface area contributed by atoms with E-state index in [4.69, 9.17) is 4.84 Å². The molecule has 0 saturated heterocycles. The van der Waals surface area contributed by atoms with Crippen molar-refractivity contribution in [1.82, 2.24) is 5.48 Å². The fraction of sp³-hybridized carbons (Fsp3) is 0.100. The lowest BCUT2D eigenvalue weighted by atomic mass is 10.00. The van der Waals surface area contributed by atoms with Crippen molar-refractivity contribution in [1.29, 1.82) is 0 Å². The summed E-state index contributed by atoms with van der Waals surface area (Å²) in [4.78, 5) is 8.04. The molecule has 0 amide bonds. The zero-order chi connectivity index (χ0) is 15.2. The molecule has 0 fully saturated rings. The predicted molar refractivity (Wildman–Crippen MR) is 93.2 cm³/mol. The van der Waals surface area contributed by atoms with Gasteiger partial charge in [-0.05, 0) is 34.9 Å². The Bertz CT molecular complexity index is 945. The minimum absolute atomic E-state index is 0.880. The molecule has 112 valence electrons. The fourth-order valence-corrected chi connectivity index (χ4v) is 3.62. The summed E-state index contributed by atoms with van der Waals surface area (Å²) in [6, 6.07) is 21.3. The van der Waals surface area contributed by atoms with Crippen LogP contribution in [-0.2, 0) is 6.42 Å². The number of para-hydroxylation sites is 1. The summed E-state index contributed by atoms with van der Waals surface area (Å²) in [6.45, 7) is 0.996. The normalized spacial score (nSPS) is 15.5. The van der Waals surface area contributed by atoms with Crippen LogP contribution in [0, 0.1) is 0 Å². The lowest BCUT2D eigenvalue weighted by Gasteiger charge is -2.28. The molecular formula is C20H16N2O. The average molecular weight is 300 g/mol. The molecule has 5 rings (SSSR count). The van der Waals surface area contributed by atoms with Gasteiger partial charge in [-0.2, -0.15) is 0 Å². The number of hydroxylamine groups is 1. The molecule has 2 heterocycles. The Balaban J connectivity index is 1.73. The first kappa shape index (κ1) is 12.6. The van der Waals surface area contributed by atoms with Crippen LogP contribution in [0.4, 0.5) is 5.69 Å². The number of hydrogen-bond acceptors (Lipinski definition) is 3. The summed E-state index contributed by atoms with van der Waals surface area (Å²) < 4.78 is 0. The Hall–Kier alpha value is -2.94. The van der Waals surface area contributed by atoms with E-state index in [2.05, 4.69) is 65.0 Å². The van der Waals surface area contributed by atoms with Gasteiger partial charge >= 0.3 is 0 Å². The van der Waals surface area contributed by atoms with Crippen LogP contribution < -0.4 is 15.2 Å². The van der Waals surface area contributed by atoms with E-state index in [1.54, 1.807) is 0 Å². The molecular weight excluding hydrogens is 284 g/mol. The van der Waals surface area contributed by atoms with Gasteiger partial charge in [-0.25, -0.2) is 5.48 Å². The molecule has 0 unspecified atom stereocenters. The Morgan fingerprint density at radius 3 is 2.78 bits per heavy atom. The first-order valence-electron chi connectivity index (χ1n) is 7.92. The third-order valence-electron chi connectivity index (χ3n) is 4.69. The maximum absolute atomic E-state index is 5.66. The molecule has 0 spiro atoms. The predicted octanol–water partition coefficient (Wildman–Crippen LogP) is 4.10. The minimum atomic E-state index is 0.880. The van der Waals surface area contributed by atoms with Crippen molar-refractivity contribution >= 4 is 22.2 Å². The van der Waals surface area contributed by atoms with Crippen LogP contribution in [0.1, 0.15) is 11.1 Å². The largest absolute Gasteiger partial charge is 0.382 e. The van der Waals surface area contributed by atoms with Crippen LogP contribution in [-0.4, -0.2) is 6.54 Å². The molecule has 0 aromatic heterocycles. The topological polar surface area (TPSA) is 24.5 Å². The minimum Gasteiger partial charge on any atom is -0.382 e. The van der Waals surface area contributed by atoms with Crippen LogP contribution in [0.5, 0.6) is 5.75 Å². The summed E-state index contributed by atoms with van der Waals surface area (Å²) in [5.74, 6) is 0.880. The highest BCUT2D eigenvalue weighted by atomic mass is 16.6. The average Bonchev–Trinajstić information content (AvgIpc) is 3.05. The second-order valence-electron chi connectivity index (χ2n) is 5.94. The number of hydrogen-bond donors (Lipinski definition) is 1. The maximum Gasteiger partial charge on any atom is 0.165 e. The molecule has 23 heavy (non-hydrogen) atoms. The van der Waals surface area contributed by atoms with Crippen molar-refractivity contribution in [3.63, 3.8) is 0 Å². The highest BCUT2D eigenvalue weighted by Crippen LogP contribution is 2.41. The molecule has 2 aliphatic heterocycles. The van der Waals surface area contributed by atoms with Gasteiger partial charge in [0.05, 0.1) is 17.5 Å². The van der Waals surface area contributed by atoms with E-state index >= 15 is 0 Å². The molecule has 3 heteroatoms. The number of nitrogens with zero attached hydrogens (tertiary/aromatic N) is 1. The van der Waals surface area contributed by atoms with E-state index in [0.717, 1.165) is 18.7 Å². The van der Waals surface area contributed by atoms with Crippen molar-refractivity contribution in [3.8, 4) is 5.75 Å². The molecule has 0 aliphatic carbocycles. The summed E-state index contributed by atoms with van der Waals surface area (Å²) in [5, 5.41) is 2.46. The summed E-state index contributed by atoms with van der Waals surface area (Å²) in [7, 11) is 0. The Kier molecular flexibility index (Phi) is 2.62. The van der Waals surface area contributed by atoms with Crippen LogP contribution >= 0.6 is 0 Å². The van der Waals surface area contributed by atoms with Crippen LogP contribution in [0.2, 0.25) is 0 Å². The number of nitrogens with one attached hydrogen (secondary N) is 1. The number of fused-ring (bicyclic) bond motifs is 4. The first-order chi connectivity index (χ1) is 11.4. The van der Waals surface area contributed by atoms with Gasteiger partial charge in [0.1, 0.15) is 0 Å². The zero-order valence-corrected chi connectivity index (χ0v) is 12.6. The summed E-state index contributed by atoms with van der Waals surface area (Å²) in [5.41, 5.74) is 8.00. The van der Waals surface area contributed by atoms with Crippen molar-refractivity contribution in [2.45, 2.75) is 6.42 Å². The molecule has 0 atom stereocenters. The number of benzene rings is 3. The quantitative estimate of drug-likeness (QED) is 0.732. The van der Waals surface area contributed by atoms with Crippen molar-refractivity contribution in [2.75, 3.05) is 11.4 Å². The molecule has 1 N–H and O–H groups in total. The monoisotopic (exact) mass is 300 g/mol. The molecule has 2 aliphatic rings. The second-order valence-corrected chi connectivity index (χ2v) is 5.94. The number of anilines is 1. The smallest absolute Gasteiger partial charge is 0.165 e. The first-order valence-corrected chi connectivity index (χ1v) is 7.92. The molecule has 3 nitrogen and oxygen atoms in total. The van der Waals surface area contributed by atoms with Gasteiger partial charge < -0.3 is 9.74 Å².